The summed E-state index contributed by atoms with van der Waals surface area (Å²) in [6.07, 6.45) is 1.15. The number of piperazine rings is 1. The van der Waals surface area contributed by atoms with Gasteiger partial charge in [-0.05, 0) is 20.3 Å². The van der Waals surface area contributed by atoms with Crippen LogP contribution in [0.25, 0.3) is 0 Å². The highest BCUT2D eigenvalue weighted by molar-refractivity contribution is 7.80. The van der Waals surface area contributed by atoms with Crippen molar-refractivity contribution in [2.45, 2.75) is 33.2 Å². The van der Waals surface area contributed by atoms with Crippen LogP contribution in [-0.4, -0.2) is 52.9 Å². The fourth-order valence-electron chi connectivity index (χ4n) is 2.04. The minimum atomic E-state index is -0.333. The summed E-state index contributed by atoms with van der Waals surface area (Å²) < 4.78 is 0. The number of thiocarbonyl (C=S) groups is 1. The molecule has 1 amide bonds. The standard InChI is InChI=1S/C12H23N3OS/c1-4-9(2)14-5-7-15(8-6-14)12(16)10(3)11(13)17/h9-10H,4-8H2,1-3H3,(H2,13,17). The van der Waals surface area contributed by atoms with Crippen LogP contribution in [0.3, 0.4) is 0 Å². The Kier molecular flexibility index (Phi) is 5.33. The zero-order valence-corrected chi connectivity index (χ0v) is 11.8. The Morgan fingerprint density at radius 2 is 1.82 bits per heavy atom. The number of nitrogens with two attached hydrogens (primary N) is 1. The van der Waals surface area contributed by atoms with Gasteiger partial charge in [-0.25, -0.2) is 0 Å². The van der Waals surface area contributed by atoms with E-state index >= 15 is 0 Å². The van der Waals surface area contributed by atoms with E-state index in [1.54, 1.807) is 6.92 Å². The summed E-state index contributed by atoms with van der Waals surface area (Å²) in [5.74, 6) is -0.263. The van der Waals surface area contributed by atoms with E-state index in [0.29, 0.717) is 11.0 Å². The lowest BCUT2D eigenvalue weighted by atomic mass is 10.1. The summed E-state index contributed by atoms with van der Waals surface area (Å²) in [6.45, 7) is 9.68. The van der Waals surface area contributed by atoms with Crippen LogP contribution in [0.15, 0.2) is 0 Å². The third-order valence-electron chi connectivity index (χ3n) is 3.64. The number of nitrogens with zero attached hydrogens (tertiary/aromatic N) is 2. The average molecular weight is 257 g/mol. The molecule has 2 unspecified atom stereocenters. The Morgan fingerprint density at radius 1 is 1.29 bits per heavy atom. The highest BCUT2D eigenvalue weighted by Crippen LogP contribution is 2.11. The number of carbonyl (C=O) groups excluding carboxylic acids is 1. The van der Waals surface area contributed by atoms with Crippen molar-refractivity contribution in [1.29, 1.82) is 0 Å². The van der Waals surface area contributed by atoms with Gasteiger partial charge in [0.1, 0.15) is 0 Å². The van der Waals surface area contributed by atoms with E-state index in [9.17, 15) is 4.79 Å². The van der Waals surface area contributed by atoms with E-state index in [4.69, 9.17) is 18.0 Å². The maximum absolute atomic E-state index is 12.0. The molecule has 0 spiro atoms. The normalized spacial score (nSPS) is 21.0. The Bertz CT molecular complexity index is 287. The molecule has 0 radical (unpaired) electrons. The van der Waals surface area contributed by atoms with Crippen molar-refractivity contribution < 1.29 is 4.79 Å². The summed E-state index contributed by atoms with van der Waals surface area (Å²) in [6, 6.07) is 0.597. The predicted molar refractivity (Wildman–Crippen MR) is 73.9 cm³/mol. The van der Waals surface area contributed by atoms with Gasteiger partial charge in [-0.1, -0.05) is 19.1 Å². The molecule has 0 aromatic carbocycles. The molecule has 1 aliphatic heterocycles. The molecule has 0 aromatic rings. The summed E-state index contributed by atoms with van der Waals surface area (Å²) in [5, 5.41) is 0. The van der Waals surface area contributed by atoms with Crippen LogP contribution in [0.4, 0.5) is 0 Å². The lowest BCUT2D eigenvalue weighted by Crippen LogP contribution is -2.53. The van der Waals surface area contributed by atoms with Crippen LogP contribution >= 0.6 is 12.2 Å². The molecule has 1 aliphatic rings. The SMILES string of the molecule is CCC(C)N1CCN(C(=O)C(C)C(N)=S)CC1. The van der Waals surface area contributed by atoms with Crippen LogP contribution in [0.5, 0.6) is 0 Å². The molecule has 1 fully saturated rings. The number of hydrogen-bond donors (Lipinski definition) is 1. The third-order valence-corrected chi connectivity index (χ3v) is 3.99. The number of carbonyl (C=O) groups is 1. The van der Waals surface area contributed by atoms with Crippen LogP contribution in [0.2, 0.25) is 0 Å². The van der Waals surface area contributed by atoms with Gasteiger partial charge in [-0.3, -0.25) is 9.69 Å². The second kappa shape index (κ2) is 6.31. The molecule has 98 valence electrons. The molecule has 0 aliphatic carbocycles. The molecular weight excluding hydrogens is 234 g/mol. The molecule has 4 nitrogen and oxygen atoms in total. The summed E-state index contributed by atoms with van der Waals surface area (Å²) >= 11 is 4.87. The van der Waals surface area contributed by atoms with Crippen molar-refractivity contribution in [2.24, 2.45) is 11.7 Å². The average Bonchev–Trinajstić information content (AvgIpc) is 2.36. The van der Waals surface area contributed by atoms with E-state index in [1.807, 2.05) is 4.90 Å². The number of rotatable bonds is 4. The largest absolute Gasteiger partial charge is 0.393 e. The summed E-state index contributed by atoms with van der Waals surface area (Å²) in [4.78, 5) is 16.6. The molecule has 0 aromatic heterocycles. The Morgan fingerprint density at radius 3 is 2.24 bits per heavy atom. The van der Waals surface area contributed by atoms with Gasteiger partial charge in [0.15, 0.2) is 0 Å². The van der Waals surface area contributed by atoms with Gasteiger partial charge >= 0.3 is 0 Å². The fraction of sp³-hybridized carbons (Fsp3) is 0.833. The van der Waals surface area contributed by atoms with Crippen molar-refractivity contribution in [1.82, 2.24) is 9.80 Å². The summed E-state index contributed by atoms with van der Waals surface area (Å²) in [7, 11) is 0. The molecule has 2 atom stereocenters. The van der Waals surface area contributed by atoms with Crippen LogP contribution in [-0.2, 0) is 4.79 Å². The molecular formula is C12H23N3OS. The topological polar surface area (TPSA) is 49.6 Å². The molecule has 1 rings (SSSR count). The number of hydrogen-bond acceptors (Lipinski definition) is 3. The molecule has 17 heavy (non-hydrogen) atoms. The summed E-state index contributed by atoms with van der Waals surface area (Å²) in [5.41, 5.74) is 5.51. The van der Waals surface area contributed by atoms with Gasteiger partial charge in [0.05, 0.1) is 10.9 Å². The van der Waals surface area contributed by atoms with E-state index in [-0.39, 0.29) is 11.8 Å². The van der Waals surface area contributed by atoms with Crippen molar-refractivity contribution in [3.8, 4) is 0 Å². The fourth-order valence-corrected chi connectivity index (χ4v) is 2.14. The maximum atomic E-state index is 12.0. The van der Waals surface area contributed by atoms with Gasteiger partial charge in [0.2, 0.25) is 5.91 Å². The Hall–Kier alpha value is -0.680. The van der Waals surface area contributed by atoms with Crippen molar-refractivity contribution in [3.63, 3.8) is 0 Å². The van der Waals surface area contributed by atoms with Crippen molar-refractivity contribution in [3.05, 3.63) is 0 Å². The minimum absolute atomic E-state index is 0.0706. The Balaban J connectivity index is 2.46. The minimum Gasteiger partial charge on any atom is -0.393 e. The van der Waals surface area contributed by atoms with E-state index in [2.05, 4.69) is 18.7 Å². The van der Waals surface area contributed by atoms with E-state index < -0.39 is 0 Å². The quantitative estimate of drug-likeness (QED) is 0.759. The third kappa shape index (κ3) is 3.64. The highest BCUT2D eigenvalue weighted by atomic mass is 32.1. The van der Waals surface area contributed by atoms with Gasteiger partial charge in [-0.2, -0.15) is 0 Å². The second-order valence-electron chi connectivity index (χ2n) is 4.74. The Labute approximate surface area is 109 Å². The van der Waals surface area contributed by atoms with Gasteiger partial charge in [0, 0.05) is 32.2 Å². The van der Waals surface area contributed by atoms with E-state index in [1.165, 1.54) is 0 Å². The smallest absolute Gasteiger partial charge is 0.232 e. The molecule has 1 heterocycles. The highest BCUT2D eigenvalue weighted by Gasteiger charge is 2.27. The first-order chi connectivity index (χ1) is 7.97. The van der Waals surface area contributed by atoms with Gasteiger partial charge < -0.3 is 10.6 Å². The molecule has 1 saturated heterocycles. The van der Waals surface area contributed by atoms with E-state index in [0.717, 1.165) is 32.6 Å². The van der Waals surface area contributed by atoms with Crippen molar-refractivity contribution >= 4 is 23.1 Å². The predicted octanol–water partition coefficient (Wildman–Crippen LogP) is 0.851. The lowest BCUT2D eigenvalue weighted by Gasteiger charge is -2.38. The number of amides is 1. The lowest BCUT2D eigenvalue weighted by molar-refractivity contribution is -0.134. The zero-order chi connectivity index (χ0) is 13.0. The van der Waals surface area contributed by atoms with Crippen LogP contribution < -0.4 is 5.73 Å². The zero-order valence-electron chi connectivity index (χ0n) is 11.0. The maximum Gasteiger partial charge on any atom is 0.232 e. The van der Waals surface area contributed by atoms with Crippen LogP contribution in [0.1, 0.15) is 27.2 Å². The second-order valence-corrected chi connectivity index (χ2v) is 5.21. The first-order valence-electron chi connectivity index (χ1n) is 6.29. The molecule has 0 bridgehead atoms. The van der Waals surface area contributed by atoms with Gasteiger partial charge in [-0.15, -0.1) is 0 Å². The first-order valence-corrected chi connectivity index (χ1v) is 6.70. The van der Waals surface area contributed by atoms with Crippen LogP contribution in [0, 0.1) is 5.92 Å². The molecule has 0 saturated carbocycles. The van der Waals surface area contributed by atoms with Crippen molar-refractivity contribution in [2.75, 3.05) is 26.2 Å². The monoisotopic (exact) mass is 257 g/mol. The van der Waals surface area contributed by atoms with Gasteiger partial charge in [0.25, 0.3) is 0 Å². The molecule has 2 N–H and O–H groups in total. The molecule has 5 heteroatoms. The first kappa shape index (κ1) is 14.4.